The summed E-state index contributed by atoms with van der Waals surface area (Å²) in [6.45, 7) is 4.36. The van der Waals surface area contributed by atoms with Crippen LogP contribution >= 0.6 is 0 Å². The van der Waals surface area contributed by atoms with Gasteiger partial charge in [0.1, 0.15) is 5.82 Å². The zero-order valence-electron chi connectivity index (χ0n) is 15.3. The van der Waals surface area contributed by atoms with Crippen LogP contribution in [0.1, 0.15) is 50.5 Å². The van der Waals surface area contributed by atoms with E-state index in [1.807, 2.05) is 0 Å². The number of carbonyl (C=O) groups is 2. The highest BCUT2D eigenvalue weighted by Crippen LogP contribution is 2.29. The van der Waals surface area contributed by atoms with Crippen LogP contribution in [-0.4, -0.2) is 41.3 Å². The van der Waals surface area contributed by atoms with E-state index in [0.717, 1.165) is 18.4 Å². The number of aromatic nitrogens is 1. The van der Waals surface area contributed by atoms with E-state index >= 15 is 0 Å². The van der Waals surface area contributed by atoms with Gasteiger partial charge in [0.2, 0.25) is 0 Å². The molecule has 0 atom stereocenters. The number of benzene rings is 1. The molecule has 1 aromatic carbocycles. The number of methoxy groups -OCH3 is 1. The summed E-state index contributed by atoms with van der Waals surface area (Å²) < 4.78 is 17.9. The molecule has 1 fully saturated rings. The second-order valence-electron chi connectivity index (χ2n) is 6.80. The number of aromatic amines is 1. The van der Waals surface area contributed by atoms with Crippen molar-refractivity contribution in [2.45, 2.75) is 39.3 Å². The van der Waals surface area contributed by atoms with Crippen molar-refractivity contribution in [3.63, 3.8) is 0 Å². The molecule has 1 aliphatic carbocycles. The maximum atomic E-state index is 13.1. The van der Waals surface area contributed by atoms with E-state index in [9.17, 15) is 14.0 Å². The van der Waals surface area contributed by atoms with Gasteiger partial charge >= 0.3 is 5.97 Å². The summed E-state index contributed by atoms with van der Waals surface area (Å²) >= 11 is 0. The molecule has 5 nitrogen and oxygen atoms in total. The lowest BCUT2D eigenvalue weighted by Crippen LogP contribution is -2.32. The van der Waals surface area contributed by atoms with E-state index in [0.29, 0.717) is 35.1 Å². The normalized spacial score (nSPS) is 13.9. The number of nitrogens with one attached hydrogen (secondary N) is 1. The first-order valence-electron chi connectivity index (χ1n) is 8.70. The van der Waals surface area contributed by atoms with Gasteiger partial charge < -0.3 is 9.72 Å². The average molecular weight is 358 g/mol. The highest BCUT2D eigenvalue weighted by molar-refractivity contribution is 6.02. The minimum Gasteiger partial charge on any atom is -0.465 e. The van der Waals surface area contributed by atoms with E-state index in [4.69, 9.17) is 4.74 Å². The van der Waals surface area contributed by atoms with Crippen molar-refractivity contribution < 1.29 is 18.7 Å². The number of H-pyrrole nitrogens is 1. The number of hydrogen-bond donors (Lipinski definition) is 1. The predicted molar refractivity (Wildman–Crippen MR) is 95.8 cm³/mol. The van der Waals surface area contributed by atoms with Crippen molar-refractivity contribution in [1.82, 2.24) is 9.88 Å². The predicted octanol–water partition coefficient (Wildman–Crippen LogP) is 3.40. The lowest BCUT2D eigenvalue weighted by atomic mass is 10.1. The van der Waals surface area contributed by atoms with Crippen molar-refractivity contribution in [3.8, 4) is 0 Å². The molecular formula is C20H23FN2O3. The molecule has 0 aliphatic heterocycles. The fourth-order valence-corrected chi connectivity index (χ4v) is 3.28. The van der Waals surface area contributed by atoms with Crippen molar-refractivity contribution in [2.75, 3.05) is 13.7 Å². The maximum absolute atomic E-state index is 13.1. The van der Waals surface area contributed by atoms with E-state index in [1.165, 1.54) is 19.2 Å². The summed E-state index contributed by atoms with van der Waals surface area (Å²) in [5.41, 5.74) is 3.10. The van der Waals surface area contributed by atoms with Gasteiger partial charge in [-0.15, -0.1) is 0 Å². The topological polar surface area (TPSA) is 62.4 Å². The van der Waals surface area contributed by atoms with Crippen LogP contribution in [0.15, 0.2) is 24.3 Å². The molecule has 138 valence electrons. The van der Waals surface area contributed by atoms with Crippen LogP contribution in [0, 0.1) is 19.7 Å². The fourth-order valence-electron chi connectivity index (χ4n) is 3.28. The third kappa shape index (κ3) is 3.85. The molecule has 0 amide bonds. The number of nitrogens with zero attached hydrogens (tertiary/aromatic N) is 1. The number of esters is 1. The third-order valence-electron chi connectivity index (χ3n) is 4.81. The Labute approximate surface area is 152 Å². The van der Waals surface area contributed by atoms with Crippen molar-refractivity contribution in [1.29, 1.82) is 0 Å². The largest absolute Gasteiger partial charge is 0.465 e. The van der Waals surface area contributed by atoms with Gasteiger partial charge in [0, 0.05) is 18.3 Å². The van der Waals surface area contributed by atoms with Crippen molar-refractivity contribution in [3.05, 3.63) is 58.2 Å². The van der Waals surface area contributed by atoms with Crippen LogP contribution in [0.2, 0.25) is 0 Å². The molecule has 0 saturated heterocycles. The van der Waals surface area contributed by atoms with Gasteiger partial charge in [-0.1, -0.05) is 12.1 Å². The highest BCUT2D eigenvalue weighted by atomic mass is 19.1. The van der Waals surface area contributed by atoms with Gasteiger partial charge in [-0.25, -0.2) is 9.18 Å². The quantitative estimate of drug-likeness (QED) is 0.609. The number of rotatable bonds is 7. The summed E-state index contributed by atoms with van der Waals surface area (Å²) in [5, 5.41) is 0. The first-order chi connectivity index (χ1) is 12.4. The zero-order chi connectivity index (χ0) is 18.8. The van der Waals surface area contributed by atoms with Crippen LogP contribution in [0.25, 0.3) is 0 Å². The summed E-state index contributed by atoms with van der Waals surface area (Å²) in [6, 6.07) is 6.73. The van der Waals surface area contributed by atoms with Gasteiger partial charge in [-0.2, -0.15) is 0 Å². The molecule has 1 heterocycles. The maximum Gasteiger partial charge on any atom is 0.339 e. The van der Waals surface area contributed by atoms with Crippen LogP contribution in [0.4, 0.5) is 4.39 Å². The summed E-state index contributed by atoms with van der Waals surface area (Å²) in [7, 11) is 1.33. The third-order valence-corrected chi connectivity index (χ3v) is 4.81. The molecule has 2 aromatic rings. The number of ketones is 1. The number of halogens is 1. The van der Waals surface area contributed by atoms with Crippen LogP contribution in [-0.2, 0) is 11.3 Å². The van der Waals surface area contributed by atoms with Gasteiger partial charge in [0.05, 0.1) is 24.9 Å². The number of carbonyl (C=O) groups excluding carboxylic acids is 2. The molecule has 1 aromatic heterocycles. The minimum absolute atomic E-state index is 0.0604. The Hall–Kier alpha value is -2.47. The second kappa shape index (κ2) is 7.41. The number of ether oxygens (including phenoxy) is 1. The van der Waals surface area contributed by atoms with E-state index < -0.39 is 5.97 Å². The van der Waals surface area contributed by atoms with Gasteiger partial charge in [-0.05, 0) is 49.9 Å². The SMILES string of the molecule is COC(=O)c1c(C)[nH]c(C(=O)CN(Cc2ccc(F)cc2)C2CC2)c1C. The van der Waals surface area contributed by atoms with Crippen LogP contribution < -0.4 is 0 Å². The highest BCUT2D eigenvalue weighted by Gasteiger charge is 2.32. The second-order valence-corrected chi connectivity index (χ2v) is 6.80. The lowest BCUT2D eigenvalue weighted by molar-refractivity contribution is 0.0599. The average Bonchev–Trinajstić information content (AvgIpc) is 3.41. The standard InChI is InChI=1S/C20H23FN2O3/c1-12-18(20(25)26-3)13(2)22-19(12)17(24)11-23(16-8-9-16)10-14-4-6-15(21)7-5-14/h4-7,16,22H,8-11H2,1-3H3. The minimum atomic E-state index is -0.444. The summed E-state index contributed by atoms with van der Waals surface area (Å²) in [4.78, 5) is 29.9. The van der Waals surface area contributed by atoms with E-state index in [-0.39, 0.29) is 18.1 Å². The lowest BCUT2D eigenvalue weighted by Gasteiger charge is -2.21. The molecule has 0 radical (unpaired) electrons. The molecule has 1 saturated carbocycles. The molecule has 3 rings (SSSR count). The van der Waals surface area contributed by atoms with Gasteiger partial charge in [0.15, 0.2) is 5.78 Å². The smallest absolute Gasteiger partial charge is 0.339 e. The Morgan fingerprint density at radius 3 is 2.46 bits per heavy atom. The number of hydrogen-bond acceptors (Lipinski definition) is 4. The van der Waals surface area contributed by atoms with Crippen molar-refractivity contribution in [2.24, 2.45) is 0 Å². The van der Waals surface area contributed by atoms with E-state index in [2.05, 4.69) is 9.88 Å². The Morgan fingerprint density at radius 1 is 1.23 bits per heavy atom. The monoisotopic (exact) mass is 358 g/mol. The Morgan fingerprint density at radius 2 is 1.88 bits per heavy atom. The first kappa shape index (κ1) is 18.3. The van der Waals surface area contributed by atoms with Crippen LogP contribution in [0.3, 0.4) is 0 Å². The molecular weight excluding hydrogens is 335 g/mol. The summed E-state index contributed by atoms with van der Waals surface area (Å²) in [6.07, 6.45) is 2.12. The molecule has 1 N–H and O–H groups in total. The number of Topliss-reactive ketones (excluding diaryl/α,β-unsaturated/α-hetero) is 1. The zero-order valence-corrected chi connectivity index (χ0v) is 15.3. The Balaban J connectivity index is 1.76. The summed E-state index contributed by atoms with van der Waals surface area (Å²) in [5.74, 6) is -0.772. The molecule has 0 spiro atoms. The molecule has 0 unspecified atom stereocenters. The Kier molecular flexibility index (Phi) is 5.23. The molecule has 1 aliphatic rings. The first-order valence-corrected chi connectivity index (χ1v) is 8.70. The van der Waals surface area contributed by atoms with E-state index in [1.54, 1.807) is 26.0 Å². The van der Waals surface area contributed by atoms with Gasteiger partial charge in [0.25, 0.3) is 0 Å². The molecule has 26 heavy (non-hydrogen) atoms. The van der Waals surface area contributed by atoms with Gasteiger partial charge in [-0.3, -0.25) is 9.69 Å². The molecule has 6 heteroatoms. The molecule has 0 bridgehead atoms. The van der Waals surface area contributed by atoms with Crippen molar-refractivity contribution >= 4 is 11.8 Å². The van der Waals surface area contributed by atoms with Crippen LogP contribution in [0.5, 0.6) is 0 Å². The Bertz CT molecular complexity index is 822. The fraction of sp³-hybridized carbons (Fsp3) is 0.400. The number of aryl methyl sites for hydroxylation is 1.